The second kappa shape index (κ2) is 9.14. The molecule has 27 heavy (non-hydrogen) atoms. The number of nitrogens with zero attached hydrogens (tertiary/aromatic N) is 2. The molecule has 1 aromatic rings. The highest BCUT2D eigenvalue weighted by atomic mass is 32.2. The topological polar surface area (TPSA) is 76.2 Å². The average molecular weight is 397 g/mol. The van der Waals surface area contributed by atoms with E-state index in [1.165, 1.54) is 4.31 Å². The maximum absolute atomic E-state index is 12.7. The monoisotopic (exact) mass is 396 g/mol. The molecule has 0 bridgehead atoms. The lowest BCUT2D eigenvalue weighted by Gasteiger charge is -2.34. The van der Waals surface area contributed by atoms with Gasteiger partial charge in [0.1, 0.15) is 0 Å². The summed E-state index contributed by atoms with van der Waals surface area (Å²) in [5.41, 5.74) is 1.02. The lowest BCUT2D eigenvalue weighted by atomic mass is 10.2. The van der Waals surface area contributed by atoms with Crippen molar-refractivity contribution in [1.29, 1.82) is 0 Å². The van der Waals surface area contributed by atoms with Gasteiger partial charge in [0.05, 0.1) is 30.6 Å². The fourth-order valence-corrected chi connectivity index (χ4v) is 4.77. The number of benzene rings is 1. The molecule has 1 amide bonds. The number of sulfonamides is 1. The van der Waals surface area contributed by atoms with Crippen LogP contribution in [0.15, 0.2) is 29.2 Å². The van der Waals surface area contributed by atoms with Gasteiger partial charge in [-0.25, -0.2) is 8.42 Å². The van der Waals surface area contributed by atoms with E-state index in [2.05, 4.69) is 0 Å². The molecular weight excluding hydrogens is 368 g/mol. The summed E-state index contributed by atoms with van der Waals surface area (Å²) in [5.74, 6) is 0.00900. The molecule has 0 saturated carbocycles. The van der Waals surface area contributed by atoms with Crippen molar-refractivity contribution in [3.8, 4) is 0 Å². The molecule has 2 aliphatic heterocycles. The largest absolute Gasteiger partial charge is 0.378 e. The van der Waals surface area contributed by atoms with E-state index >= 15 is 0 Å². The van der Waals surface area contributed by atoms with Gasteiger partial charge in [-0.3, -0.25) is 4.79 Å². The molecule has 8 heteroatoms. The van der Waals surface area contributed by atoms with Crippen molar-refractivity contribution in [2.45, 2.75) is 37.2 Å². The zero-order valence-corrected chi connectivity index (χ0v) is 16.6. The van der Waals surface area contributed by atoms with Crippen LogP contribution in [0.4, 0.5) is 0 Å². The molecule has 0 spiro atoms. The first-order valence-corrected chi connectivity index (χ1v) is 10.9. The molecule has 0 N–H and O–H groups in total. The van der Waals surface area contributed by atoms with Crippen molar-refractivity contribution >= 4 is 15.9 Å². The number of aryl methyl sites for hydroxylation is 1. The Bertz CT molecular complexity index is 721. The van der Waals surface area contributed by atoms with E-state index in [0.717, 1.165) is 25.0 Å². The number of carbonyl (C=O) groups is 1. The van der Waals surface area contributed by atoms with Crippen LogP contribution in [0, 0.1) is 6.92 Å². The highest BCUT2D eigenvalue weighted by Gasteiger charge is 2.29. The minimum absolute atomic E-state index is 0.00900. The van der Waals surface area contributed by atoms with E-state index in [4.69, 9.17) is 9.47 Å². The Balaban J connectivity index is 1.42. The van der Waals surface area contributed by atoms with Crippen molar-refractivity contribution in [2.75, 3.05) is 46.0 Å². The summed E-state index contributed by atoms with van der Waals surface area (Å²) in [5, 5.41) is 0. The van der Waals surface area contributed by atoms with Gasteiger partial charge in [0.25, 0.3) is 0 Å². The van der Waals surface area contributed by atoms with E-state index in [1.54, 1.807) is 29.2 Å². The maximum atomic E-state index is 12.7. The molecule has 0 aliphatic carbocycles. The van der Waals surface area contributed by atoms with Gasteiger partial charge in [-0.15, -0.1) is 0 Å². The highest BCUT2D eigenvalue weighted by Crippen LogP contribution is 2.18. The summed E-state index contributed by atoms with van der Waals surface area (Å²) in [7, 11) is -3.50. The van der Waals surface area contributed by atoms with E-state index in [-0.39, 0.29) is 12.0 Å². The molecule has 1 aromatic carbocycles. The van der Waals surface area contributed by atoms with Crippen LogP contribution in [0.2, 0.25) is 0 Å². The smallest absolute Gasteiger partial charge is 0.243 e. The first kappa shape index (κ1) is 20.3. The predicted octanol–water partition coefficient (Wildman–Crippen LogP) is 1.41. The highest BCUT2D eigenvalue weighted by molar-refractivity contribution is 7.89. The normalized spacial score (nSPS) is 21.5. The molecule has 1 unspecified atom stereocenters. The summed E-state index contributed by atoms with van der Waals surface area (Å²) < 4.78 is 37.9. The van der Waals surface area contributed by atoms with Gasteiger partial charge >= 0.3 is 0 Å². The SMILES string of the molecule is Cc1ccc(S(=O)(=O)N2CCN(C(=O)CCOCC3CCCO3)CC2)cc1. The number of hydrogen-bond donors (Lipinski definition) is 0. The molecule has 7 nitrogen and oxygen atoms in total. The first-order valence-electron chi connectivity index (χ1n) is 9.51. The second-order valence-electron chi connectivity index (χ2n) is 7.06. The van der Waals surface area contributed by atoms with Gasteiger partial charge in [-0.2, -0.15) is 4.31 Å². The third-order valence-corrected chi connectivity index (χ3v) is 6.95. The Hall–Kier alpha value is -1.48. The summed E-state index contributed by atoms with van der Waals surface area (Å²) >= 11 is 0. The van der Waals surface area contributed by atoms with Crippen LogP contribution in [-0.4, -0.2) is 75.6 Å². The Morgan fingerprint density at radius 1 is 1.19 bits per heavy atom. The van der Waals surface area contributed by atoms with Crippen LogP contribution < -0.4 is 0 Å². The second-order valence-corrected chi connectivity index (χ2v) is 9.00. The number of piperazine rings is 1. The van der Waals surface area contributed by atoms with Gasteiger partial charge in [-0.1, -0.05) is 17.7 Å². The molecule has 0 radical (unpaired) electrons. The molecule has 3 rings (SSSR count). The number of carbonyl (C=O) groups excluding carboxylic acids is 1. The number of ether oxygens (including phenoxy) is 2. The van der Waals surface area contributed by atoms with Crippen LogP contribution in [-0.2, 0) is 24.3 Å². The van der Waals surface area contributed by atoms with Crippen molar-refractivity contribution in [1.82, 2.24) is 9.21 Å². The lowest BCUT2D eigenvalue weighted by molar-refractivity contribution is -0.133. The maximum Gasteiger partial charge on any atom is 0.243 e. The fourth-order valence-electron chi connectivity index (χ4n) is 3.35. The zero-order chi connectivity index (χ0) is 19.3. The van der Waals surface area contributed by atoms with Crippen molar-refractivity contribution in [3.05, 3.63) is 29.8 Å². The van der Waals surface area contributed by atoms with Crippen LogP contribution in [0.5, 0.6) is 0 Å². The van der Waals surface area contributed by atoms with Crippen molar-refractivity contribution in [2.24, 2.45) is 0 Å². The molecule has 2 aliphatic rings. The standard InChI is InChI=1S/C19H28N2O5S/c1-16-4-6-18(7-5-16)27(23,24)21-11-9-20(10-12-21)19(22)8-14-25-15-17-3-2-13-26-17/h4-7,17H,2-3,8-15H2,1H3. The molecule has 2 fully saturated rings. The van der Waals surface area contributed by atoms with Gasteiger partial charge < -0.3 is 14.4 Å². The molecular formula is C19H28N2O5S. The third-order valence-electron chi connectivity index (χ3n) is 5.04. The summed E-state index contributed by atoms with van der Waals surface area (Å²) in [6.07, 6.45) is 2.57. The van der Waals surface area contributed by atoms with E-state index in [1.807, 2.05) is 6.92 Å². The fraction of sp³-hybridized carbons (Fsp3) is 0.632. The average Bonchev–Trinajstić information content (AvgIpc) is 3.19. The molecule has 1 atom stereocenters. The van der Waals surface area contributed by atoms with Crippen LogP contribution >= 0.6 is 0 Å². The van der Waals surface area contributed by atoms with Crippen LogP contribution in [0.25, 0.3) is 0 Å². The summed E-state index contributed by atoms with van der Waals surface area (Å²) in [6.45, 7) is 5.09. The Morgan fingerprint density at radius 2 is 1.89 bits per heavy atom. The number of hydrogen-bond acceptors (Lipinski definition) is 5. The Morgan fingerprint density at radius 3 is 2.52 bits per heavy atom. The van der Waals surface area contributed by atoms with Crippen molar-refractivity contribution < 1.29 is 22.7 Å². The molecule has 150 valence electrons. The van der Waals surface area contributed by atoms with Gasteiger partial charge in [0, 0.05) is 32.8 Å². The summed E-state index contributed by atoms with van der Waals surface area (Å²) in [6, 6.07) is 6.85. The lowest BCUT2D eigenvalue weighted by Crippen LogP contribution is -2.50. The van der Waals surface area contributed by atoms with Crippen LogP contribution in [0.1, 0.15) is 24.8 Å². The van der Waals surface area contributed by atoms with E-state index < -0.39 is 10.0 Å². The Labute approximate surface area is 161 Å². The number of rotatable bonds is 7. The quantitative estimate of drug-likeness (QED) is 0.652. The van der Waals surface area contributed by atoms with Crippen molar-refractivity contribution in [3.63, 3.8) is 0 Å². The van der Waals surface area contributed by atoms with E-state index in [9.17, 15) is 13.2 Å². The van der Waals surface area contributed by atoms with Gasteiger partial charge in [0.2, 0.25) is 15.9 Å². The first-order chi connectivity index (χ1) is 13.0. The predicted molar refractivity (Wildman–Crippen MR) is 101 cm³/mol. The zero-order valence-electron chi connectivity index (χ0n) is 15.8. The molecule has 2 saturated heterocycles. The third kappa shape index (κ3) is 5.28. The Kier molecular flexibility index (Phi) is 6.86. The minimum atomic E-state index is -3.50. The summed E-state index contributed by atoms with van der Waals surface area (Å²) in [4.78, 5) is 14.3. The van der Waals surface area contributed by atoms with Gasteiger partial charge in [-0.05, 0) is 31.9 Å². The molecule has 2 heterocycles. The molecule has 0 aromatic heterocycles. The van der Waals surface area contributed by atoms with E-state index in [0.29, 0.717) is 50.7 Å². The van der Waals surface area contributed by atoms with Gasteiger partial charge in [0.15, 0.2) is 0 Å². The van der Waals surface area contributed by atoms with Crippen LogP contribution in [0.3, 0.4) is 0 Å². The number of amides is 1. The minimum Gasteiger partial charge on any atom is -0.378 e.